The van der Waals surface area contributed by atoms with Crippen LogP contribution in [0.3, 0.4) is 0 Å². The molecule has 0 fully saturated rings. The Bertz CT molecular complexity index is 931. The Balaban J connectivity index is 1.48. The first kappa shape index (κ1) is 20.1. The Hall–Kier alpha value is -3.61. The van der Waals surface area contributed by atoms with Gasteiger partial charge in [0.2, 0.25) is 0 Å². The van der Waals surface area contributed by atoms with Gasteiger partial charge in [-0.1, -0.05) is 12.1 Å². The molecule has 0 aliphatic heterocycles. The first-order chi connectivity index (χ1) is 14.2. The van der Waals surface area contributed by atoms with Crippen LogP contribution in [0.25, 0.3) is 0 Å². The first-order valence-electron chi connectivity index (χ1n) is 9.28. The van der Waals surface area contributed by atoms with Crippen LogP contribution in [-0.2, 0) is 13.0 Å². The number of methoxy groups -OCH3 is 2. The van der Waals surface area contributed by atoms with Crippen LogP contribution in [0, 0.1) is 0 Å². The lowest BCUT2D eigenvalue weighted by Gasteiger charge is -2.10. The highest BCUT2D eigenvalue weighted by Gasteiger charge is 2.08. The van der Waals surface area contributed by atoms with Crippen molar-refractivity contribution in [3.8, 4) is 11.5 Å². The highest BCUT2D eigenvalue weighted by Crippen LogP contribution is 2.27. The molecule has 7 heteroatoms. The molecule has 0 radical (unpaired) electrons. The van der Waals surface area contributed by atoms with Crippen molar-refractivity contribution < 1.29 is 14.3 Å². The summed E-state index contributed by atoms with van der Waals surface area (Å²) in [5.74, 6) is 1.89. The minimum Gasteiger partial charge on any atom is -0.493 e. The summed E-state index contributed by atoms with van der Waals surface area (Å²) in [6, 6.07) is 15.0. The Kier molecular flexibility index (Phi) is 7.00. The van der Waals surface area contributed by atoms with Crippen LogP contribution in [0.4, 0.5) is 5.82 Å². The number of pyridine rings is 2. The summed E-state index contributed by atoms with van der Waals surface area (Å²) in [4.78, 5) is 20.9. The third-order valence-electron chi connectivity index (χ3n) is 4.35. The van der Waals surface area contributed by atoms with Crippen LogP contribution in [0.15, 0.2) is 60.9 Å². The first-order valence-corrected chi connectivity index (χ1v) is 9.28. The van der Waals surface area contributed by atoms with Gasteiger partial charge < -0.3 is 20.1 Å². The van der Waals surface area contributed by atoms with E-state index in [1.807, 2.05) is 36.4 Å². The zero-order valence-electron chi connectivity index (χ0n) is 16.5. The second-order valence-corrected chi connectivity index (χ2v) is 6.30. The monoisotopic (exact) mass is 392 g/mol. The van der Waals surface area contributed by atoms with Crippen LogP contribution in [-0.4, -0.2) is 36.6 Å². The highest BCUT2D eigenvalue weighted by atomic mass is 16.5. The number of ether oxygens (including phenoxy) is 2. The Labute approximate surface area is 170 Å². The van der Waals surface area contributed by atoms with Crippen molar-refractivity contribution >= 4 is 11.7 Å². The summed E-state index contributed by atoms with van der Waals surface area (Å²) in [5.41, 5.74) is 2.49. The van der Waals surface area contributed by atoms with Gasteiger partial charge in [0.05, 0.1) is 32.0 Å². The van der Waals surface area contributed by atoms with E-state index < -0.39 is 0 Å². The normalized spacial score (nSPS) is 10.3. The SMILES string of the molecule is COc1ccc(CCNC(=O)c2ccc(NCc3ccccn3)nc2)cc1OC. The van der Waals surface area contributed by atoms with Gasteiger partial charge in [0.15, 0.2) is 11.5 Å². The number of hydrogen-bond donors (Lipinski definition) is 2. The zero-order valence-corrected chi connectivity index (χ0v) is 16.5. The molecule has 2 N–H and O–H groups in total. The van der Waals surface area contributed by atoms with E-state index in [2.05, 4.69) is 20.6 Å². The Morgan fingerprint density at radius 1 is 1.00 bits per heavy atom. The van der Waals surface area contributed by atoms with E-state index in [9.17, 15) is 4.79 Å². The van der Waals surface area contributed by atoms with E-state index in [4.69, 9.17) is 9.47 Å². The second kappa shape index (κ2) is 10.1. The van der Waals surface area contributed by atoms with Crippen molar-refractivity contribution in [1.29, 1.82) is 0 Å². The Morgan fingerprint density at radius 2 is 1.86 bits per heavy atom. The van der Waals surface area contributed by atoms with Gasteiger partial charge in [0.1, 0.15) is 5.82 Å². The van der Waals surface area contributed by atoms with Crippen LogP contribution < -0.4 is 20.1 Å². The molecule has 7 nitrogen and oxygen atoms in total. The maximum absolute atomic E-state index is 12.3. The van der Waals surface area contributed by atoms with Crippen molar-refractivity contribution in [1.82, 2.24) is 15.3 Å². The highest BCUT2D eigenvalue weighted by molar-refractivity contribution is 5.94. The lowest BCUT2D eigenvalue weighted by molar-refractivity contribution is 0.0954. The fraction of sp³-hybridized carbons (Fsp3) is 0.227. The van der Waals surface area contributed by atoms with E-state index in [-0.39, 0.29) is 5.91 Å². The van der Waals surface area contributed by atoms with Crippen molar-refractivity contribution in [3.05, 3.63) is 77.7 Å². The predicted molar refractivity (Wildman–Crippen MR) is 111 cm³/mol. The van der Waals surface area contributed by atoms with Crippen molar-refractivity contribution in [3.63, 3.8) is 0 Å². The van der Waals surface area contributed by atoms with Gasteiger partial charge in [-0.3, -0.25) is 9.78 Å². The van der Waals surface area contributed by atoms with Gasteiger partial charge in [0.25, 0.3) is 5.91 Å². The van der Waals surface area contributed by atoms with Gasteiger partial charge in [-0.2, -0.15) is 0 Å². The molecule has 2 heterocycles. The number of amides is 1. The van der Waals surface area contributed by atoms with Gasteiger partial charge in [-0.05, 0) is 48.4 Å². The maximum Gasteiger partial charge on any atom is 0.252 e. The van der Waals surface area contributed by atoms with Crippen LogP contribution in [0.1, 0.15) is 21.6 Å². The molecule has 0 saturated carbocycles. The number of benzene rings is 1. The maximum atomic E-state index is 12.3. The molecule has 0 aliphatic carbocycles. The average Bonchev–Trinajstić information content (AvgIpc) is 2.78. The van der Waals surface area contributed by atoms with Crippen molar-refractivity contribution in [2.45, 2.75) is 13.0 Å². The molecule has 2 aromatic heterocycles. The Morgan fingerprint density at radius 3 is 2.55 bits per heavy atom. The molecular weight excluding hydrogens is 368 g/mol. The lowest BCUT2D eigenvalue weighted by Crippen LogP contribution is -2.25. The number of nitrogens with zero attached hydrogens (tertiary/aromatic N) is 2. The number of carbonyl (C=O) groups excluding carboxylic acids is 1. The standard InChI is InChI=1S/C22H24N4O3/c1-28-19-8-6-16(13-20(19)29-2)10-12-24-22(27)17-7-9-21(25-14-17)26-15-18-5-3-4-11-23-18/h3-9,11,13-14H,10,12,15H2,1-2H3,(H,24,27)(H,25,26). The number of aromatic nitrogens is 2. The molecule has 150 valence electrons. The molecule has 0 aliphatic rings. The van der Waals surface area contributed by atoms with Gasteiger partial charge in [-0.25, -0.2) is 4.98 Å². The minimum absolute atomic E-state index is 0.158. The summed E-state index contributed by atoms with van der Waals surface area (Å²) in [6.45, 7) is 1.08. The third kappa shape index (κ3) is 5.68. The van der Waals surface area contributed by atoms with E-state index in [1.54, 1.807) is 38.7 Å². The average molecular weight is 392 g/mol. The van der Waals surface area contributed by atoms with Gasteiger partial charge >= 0.3 is 0 Å². The third-order valence-corrected chi connectivity index (χ3v) is 4.35. The van der Waals surface area contributed by atoms with Crippen LogP contribution in [0.2, 0.25) is 0 Å². The summed E-state index contributed by atoms with van der Waals surface area (Å²) in [7, 11) is 3.20. The minimum atomic E-state index is -0.158. The van der Waals surface area contributed by atoms with E-state index in [0.29, 0.717) is 42.4 Å². The molecule has 3 aromatic rings. The van der Waals surface area contributed by atoms with Gasteiger partial charge in [-0.15, -0.1) is 0 Å². The van der Waals surface area contributed by atoms with E-state index >= 15 is 0 Å². The largest absolute Gasteiger partial charge is 0.493 e. The number of hydrogen-bond acceptors (Lipinski definition) is 6. The number of carbonyl (C=O) groups is 1. The van der Waals surface area contributed by atoms with E-state index in [1.165, 1.54) is 0 Å². The molecule has 0 spiro atoms. The number of anilines is 1. The summed E-state index contributed by atoms with van der Waals surface area (Å²) < 4.78 is 10.5. The molecule has 0 saturated heterocycles. The second-order valence-electron chi connectivity index (χ2n) is 6.30. The summed E-state index contributed by atoms with van der Waals surface area (Å²) in [5, 5.41) is 6.09. The van der Waals surface area contributed by atoms with Crippen molar-refractivity contribution in [2.24, 2.45) is 0 Å². The van der Waals surface area contributed by atoms with Crippen molar-refractivity contribution in [2.75, 3.05) is 26.1 Å². The fourth-order valence-electron chi connectivity index (χ4n) is 2.78. The molecule has 3 rings (SSSR count). The lowest BCUT2D eigenvalue weighted by atomic mass is 10.1. The van der Waals surface area contributed by atoms with Gasteiger partial charge in [0, 0.05) is 18.9 Å². The molecule has 29 heavy (non-hydrogen) atoms. The number of rotatable bonds is 9. The summed E-state index contributed by atoms with van der Waals surface area (Å²) >= 11 is 0. The topological polar surface area (TPSA) is 85.4 Å². The quantitative estimate of drug-likeness (QED) is 0.582. The fourth-order valence-corrected chi connectivity index (χ4v) is 2.78. The molecule has 1 amide bonds. The zero-order chi connectivity index (χ0) is 20.5. The molecule has 0 atom stereocenters. The molecule has 0 unspecified atom stereocenters. The smallest absolute Gasteiger partial charge is 0.252 e. The molecular formula is C22H24N4O3. The summed E-state index contributed by atoms with van der Waals surface area (Å²) in [6.07, 6.45) is 4.00. The van der Waals surface area contributed by atoms with Crippen LogP contribution >= 0.6 is 0 Å². The molecule has 1 aromatic carbocycles. The van der Waals surface area contributed by atoms with Crippen LogP contribution in [0.5, 0.6) is 11.5 Å². The number of nitrogens with one attached hydrogen (secondary N) is 2. The van der Waals surface area contributed by atoms with E-state index in [0.717, 1.165) is 11.3 Å². The molecule has 0 bridgehead atoms. The predicted octanol–water partition coefficient (Wildman–Crippen LogP) is 3.08.